The van der Waals surface area contributed by atoms with Crippen LogP contribution in [0.1, 0.15) is 24.5 Å². The summed E-state index contributed by atoms with van der Waals surface area (Å²) in [6.07, 6.45) is 0.846. The van der Waals surface area contributed by atoms with Crippen molar-refractivity contribution in [3.8, 4) is 11.5 Å². The van der Waals surface area contributed by atoms with Crippen molar-refractivity contribution in [2.45, 2.75) is 32.5 Å². The van der Waals surface area contributed by atoms with Crippen LogP contribution in [-0.2, 0) is 13.2 Å². The Balaban J connectivity index is 2.12. The predicted octanol–water partition coefficient (Wildman–Crippen LogP) is 4.04. The molecule has 0 unspecified atom stereocenters. The lowest BCUT2D eigenvalue weighted by Gasteiger charge is -2.17. The highest BCUT2D eigenvalue weighted by atomic mass is 79.9. The van der Waals surface area contributed by atoms with Gasteiger partial charge in [-0.25, -0.2) is 4.39 Å². The second-order valence-corrected chi connectivity index (χ2v) is 6.51. The number of ether oxygens (including phenoxy) is 2. The summed E-state index contributed by atoms with van der Waals surface area (Å²) in [5.41, 5.74) is 1.48. The Hall–Kier alpha value is -1.63. The molecule has 2 aromatic rings. The van der Waals surface area contributed by atoms with Crippen LogP contribution >= 0.6 is 15.9 Å². The zero-order chi connectivity index (χ0) is 18.2. The van der Waals surface area contributed by atoms with Crippen molar-refractivity contribution in [3.05, 3.63) is 57.8 Å². The van der Waals surface area contributed by atoms with E-state index in [4.69, 9.17) is 9.47 Å². The fourth-order valence-corrected chi connectivity index (χ4v) is 2.98. The van der Waals surface area contributed by atoms with E-state index in [1.165, 1.54) is 6.07 Å². The summed E-state index contributed by atoms with van der Waals surface area (Å²) in [6.45, 7) is 2.83. The van der Waals surface area contributed by atoms with Crippen LogP contribution in [-0.4, -0.2) is 24.9 Å². The Labute approximate surface area is 156 Å². The monoisotopic (exact) mass is 411 g/mol. The largest absolute Gasteiger partial charge is 0.493 e. The van der Waals surface area contributed by atoms with E-state index in [2.05, 4.69) is 21.2 Å². The first-order valence-corrected chi connectivity index (χ1v) is 8.95. The van der Waals surface area contributed by atoms with E-state index in [0.717, 1.165) is 16.5 Å². The number of halogens is 2. The first kappa shape index (κ1) is 19.7. The van der Waals surface area contributed by atoms with Gasteiger partial charge in [-0.1, -0.05) is 25.1 Å². The Kier molecular flexibility index (Phi) is 7.68. The van der Waals surface area contributed by atoms with Crippen molar-refractivity contribution in [1.29, 1.82) is 0 Å². The van der Waals surface area contributed by atoms with Crippen molar-refractivity contribution in [2.75, 3.05) is 13.7 Å². The molecular formula is C19H23BrFNO3. The maximum atomic E-state index is 13.7. The molecule has 25 heavy (non-hydrogen) atoms. The summed E-state index contributed by atoms with van der Waals surface area (Å²) in [5, 5.41) is 12.5. The number of aliphatic hydroxyl groups excluding tert-OH is 1. The highest BCUT2D eigenvalue weighted by molar-refractivity contribution is 9.10. The molecule has 0 bridgehead atoms. The van der Waals surface area contributed by atoms with E-state index in [0.29, 0.717) is 23.6 Å². The van der Waals surface area contributed by atoms with Crippen LogP contribution in [0.5, 0.6) is 11.5 Å². The molecule has 0 aliphatic heterocycles. The highest BCUT2D eigenvalue weighted by Gasteiger charge is 2.14. The van der Waals surface area contributed by atoms with Gasteiger partial charge in [0.15, 0.2) is 11.5 Å². The van der Waals surface area contributed by atoms with Gasteiger partial charge in [-0.15, -0.1) is 0 Å². The minimum Gasteiger partial charge on any atom is -0.493 e. The summed E-state index contributed by atoms with van der Waals surface area (Å²) >= 11 is 3.50. The minimum absolute atomic E-state index is 0.0572. The third-order valence-corrected chi connectivity index (χ3v) is 4.52. The Bertz CT molecular complexity index is 692. The summed E-state index contributed by atoms with van der Waals surface area (Å²) in [5.74, 6) is 0.802. The molecular weight excluding hydrogens is 389 g/mol. The number of aliphatic hydroxyl groups is 1. The Morgan fingerprint density at radius 2 is 2.04 bits per heavy atom. The molecule has 0 radical (unpaired) electrons. The summed E-state index contributed by atoms with van der Waals surface area (Å²) in [4.78, 5) is 0. The number of nitrogens with one attached hydrogen (secondary N) is 1. The van der Waals surface area contributed by atoms with Gasteiger partial charge < -0.3 is 19.9 Å². The number of methoxy groups -OCH3 is 1. The van der Waals surface area contributed by atoms with Gasteiger partial charge in [0, 0.05) is 18.2 Å². The molecule has 2 N–H and O–H groups in total. The zero-order valence-electron chi connectivity index (χ0n) is 14.4. The molecule has 4 nitrogen and oxygen atoms in total. The van der Waals surface area contributed by atoms with Gasteiger partial charge in [-0.05, 0) is 46.1 Å². The normalized spacial score (nSPS) is 12.0. The molecule has 0 saturated heterocycles. The second kappa shape index (κ2) is 9.75. The number of hydrogen-bond acceptors (Lipinski definition) is 4. The van der Waals surface area contributed by atoms with Gasteiger partial charge in [0.2, 0.25) is 0 Å². The van der Waals surface area contributed by atoms with Gasteiger partial charge in [-0.2, -0.15) is 0 Å². The van der Waals surface area contributed by atoms with Gasteiger partial charge in [0.25, 0.3) is 0 Å². The molecule has 1 atom stereocenters. The first-order chi connectivity index (χ1) is 12.1. The lowest BCUT2D eigenvalue weighted by molar-refractivity contribution is 0.238. The fraction of sp³-hybridized carbons (Fsp3) is 0.368. The maximum absolute atomic E-state index is 13.7. The molecule has 0 aromatic heterocycles. The van der Waals surface area contributed by atoms with Crippen LogP contribution in [0.25, 0.3) is 0 Å². The SMILES string of the molecule is CC[C@H](CO)NCc1cc(Br)c(OCc2ccccc2F)c(OC)c1. The van der Waals surface area contributed by atoms with E-state index in [1.54, 1.807) is 25.3 Å². The summed E-state index contributed by atoms with van der Waals surface area (Å²) < 4.78 is 25.7. The molecule has 6 heteroatoms. The lowest BCUT2D eigenvalue weighted by Crippen LogP contribution is -2.31. The molecule has 0 heterocycles. The van der Waals surface area contributed by atoms with Crippen molar-refractivity contribution in [3.63, 3.8) is 0 Å². The van der Waals surface area contributed by atoms with Gasteiger partial charge in [0.1, 0.15) is 12.4 Å². The maximum Gasteiger partial charge on any atom is 0.175 e. The zero-order valence-corrected chi connectivity index (χ0v) is 16.0. The quantitative estimate of drug-likeness (QED) is 0.653. The molecule has 0 spiro atoms. The van der Waals surface area contributed by atoms with Crippen LogP contribution in [0.2, 0.25) is 0 Å². The van der Waals surface area contributed by atoms with E-state index in [9.17, 15) is 9.50 Å². The third kappa shape index (κ3) is 5.42. The van der Waals surface area contributed by atoms with Crippen LogP contribution in [0, 0.1) is 5.82 Å². The fourth-order valence-electron chi connectivity index (χ4n) is 2.38. The minimum atomic E-state index is -0.298. The molecule has 0 aliphatic carbocycles. The van der Waals surface area contributed by atoms with Crippen molar-refractivity contribution in [2.24, 2.45) is 0 Å². The number of benzene rings is 2. The second-order valence-electron chi connectivity index (χ2n) is 5.66. The lowest BCUT2D eigenvalue weighted by atomic mass is 10.1. The Morgan fingerprint density at radius 1 is 1.28 bits per heavy atom. The average Bonchev–Trinajstić information content (AvgIpc) is 2.62. The van der Waals surface area contributed by atoms with Gasteiger partial charge in [-0.3, -0.25) is 0 Å². The van der Waals surface area contributed by atoms with Crippen LogP contribution in [0.15, 0.2) is 40.9 Å². The van der Waals surface area contributed by atoms with Crippen LogP contribution < -0.4 is 14.8 Å². The van der Waals surface area contributed by atoms with Crippen molar-refractivity contribution < 1.29 is 19.0 Å². The first-order valence-electron chi connectivity index (χ1n) is 8.15. The Morgan fingerprint density at radius 3 is 2.68 bits per heavy atom. The summed E-state index contributed by atoms with van der Waals surface area (Å²) in [6, 6.07) is 10.4. The van der Waals surface area contributed by atoms with E-state index in [-0.39, 0.29) is 25.1 Å². The smallest absolute Gasteiger partial charge is 0.175 e. The predicted molar refractivity (Wildman–Crippen MR) is 99.4 cm³/mol. The van der Waals surface area contributed by atoms with Crippen molar-refractivity contribution >= 4 is 15.9 Å². The van der Waals surface area contributed by atoms with Crippen molar-refractivity contribution in [1.82, 2.24) is 5.32 Å². The van der Waals surface area contributed by atoms with Crippen LogP contribution in [0.4, 0.5) is 4.39 Å². The molecule has 0 aliphatic rings. The van der Waals surface area contributed by atoms with Gasteiger partial charge >= 0.3 is 0 Å². The molecule has 0 amide bonds. The third-order valence-electron chi connectivity index (χ3n) is 3.93. The highest BCUT2D eigenvalue weighted by Crippen LogP contribution is 2.37. The van der Waals surface area contributed by atoms with E-state index in [1.807, 2.05) is 19.1 Å². The molecule has 136 valence electrons. The number of rotatable bonds is 9. The molecule has 2 rings (SSSR count). The van der Waals surface area contributed by atoms with E-state index < -0.39 is 0 Å². The standard InChI is InChI=1S/C19H23BrFNO3/c1-3-15(11-23)22-10-13-8-16(20)19(18(9-13)24-2)25-12-14-6-4-5-7-17(14)21/h4-9,15,22-23H,3,10-12H2,1-2H3/t15-/m1/s1. The van der Waals surface area contributed by atoms with E-state index >= 15 is 0 Å². The summed E-state index contributed by atoms with van der Waals surface area (Å²) in [7, 11) is 1.57. The molecule has 0 saturated carbocycles. The topological polar surface area (TPSA) is 50.7 Å². The molecule has 0 fully saturated rings. The van der Waals surface area contributed by atoms with Crippen LogP contribution in [0.3, 0.4) is 0 Å². The number of hydrogen-bond donors (Lipinski definition) is 2. The molecule has 2 aromatic carbocycles. The van der Waals surface area contributed by atoms with Gasteiger partial charge in [0.05, 0.1) is 18.2 Å². The average molecular weight is 412 g/mol.